The van der Waals surface area contributed by atoms with Crippen LogP contribution in [-0.4, -0.2) is 62.9 Å². The van der Waals surface area contributed by atoms with Crippen LogP contribution in [0.25, 0.3) is 0 Å². The second-order valence-corrected chi connectivity index (χ2v) is 5.86. The molecule has 1 atom stereocenters. The largest absolute Gasteiger partial charge is 0.454 e. The lowest BCUT2D eigenvalue weighted by molar-refractivity contribution is 0.173. The maximum absolute atomic E-state index is 5.47. The van der Waals surface area contributed by atoms with E-state index in [9.17, 15) is 0 Å². The van der Waals surface area contributed by atoms with Crippen molar-refractivity contribution in [2.24, 2.45) is 0 Å². The van der Waals surface area contributed by atoms with Crippen molar-refractivity contribution in [3.05, 3.63) is 23.8 Å². The smallest absolute Gasteiger partial charge is 0.231 e. The Hall–Kier alpha value is -1.30. The predicted molar refractivity (Wildman–Crippen MR) is 82.9 cm³/mol. The summed E-state index contributed by atoms with van der Waals surface area (Å²) in [5.41, 5.74) is 1.28. The standard InChI is InChI=1S/C16H25N3O2/c1-13(14-3-4-15-16(11-14)21-12-20-15)18(2)9-10-19-7-5-17-6-8-19/h3-4,11,13,17H,5-10,12H2,1-2H3. The summed E-state index contributed by atoms with van der Waals surface area (Å²) in [6.45, 7) is 9.34. The van der Waals surface area contributed by atoms with E-state index in [0.29, 0.717) is 12.8 Å². The molecule has 116 valence electrons. The summed E-state index contributed by atoms with van der Waals surface area (Å²) < 4.78 is 10.8. The predicted octanol–water partition coefficient (Wildman–Crippen LogP) is 1.31. The summed E-state index contributed by atoms with van der Waals surface area (Å²) in [5, 5.41) is 3.39. The zero-order valence-corrected chi connectivity index (χ0v) is 13.0. The number of rotatable bonds is 5. The number of nitrogens with one attached hydrogen (secondary N) is 1. The van der Waals surface area contributed by atoms with E-state index >= 15 is 0 Å². The van der Waals surface area contributed by atoms with Gasteiger partial charge in [-0.3, -0.25) is 9.80 Å². The van der Waals surface area contributed by atoms with Crippen LogP contribution in [0.3, 0.4) is 0 Å². The topological polar surface area (TPSA) is 37.0 Å². The van der Waals surface area contributed by atoms with E-state index < -0.39 is 0 Å². The van der Waals surface area contributed by atoms with Crippen molar-refractivity contribution < 1.29 is 9.47 Å². The van der Waals surface area contributed by atoms with E-state index in [4.69, 9.17) is 9.47 Å². The average molecular weight is 291 g/mol. The maximum Gasteiger partial charge on any atom is 0.231 e. The molecule has 1 aromatic rings. The van der Waals surface area contributed by atoms with Crippen molar-refractivity contribution in [2.75, 3.05) is 53.1 Å². The summed E-state index contributed by atoms with van der Waals surface area (Å²) in [4.78, 5) is 4.93. The van der Waals surface area contributed by atoms with Crippen molar-refractivity contribution >= 4 is 0 Å². The Balaban J connectivity index is 1.55. The molecular formula is C16H25N3O2. The first-order valence-corrected chi connectivity index (χ1v) is 7.77. The molecule has 0 aliphatic carbocycles. The third-order valence-corrected chi connectivity index (χ3v) is 4.52. The lowest BCUT2D eigenvalue weighted by Gasteiger charge is -2.31. The highest BCUT2D eigenvalue weighted by Gasteiger charge is 2.18. The molecule has 1 unspecified atom stereocenters. The fraction of sp³-hybridized carbons (Fsp3) is 0.625. The number of likely N-dealkylation sites (N-methyl/N-ethyl adjacent to an activating group) is 1. The van der Waals surface area contributed by atoms with Gasteiger partial charge < -0.3 is 14.8 Å². The molecule has 1 fully saturated rings. The highest BCUT2D eigenvalue weighted by atomic mass is 16.7. The van der Waals surface area contributed by atoms with Crippen LogP contribution >= 0.6 is 0 Å². The van der Waals surface area contributed by atoms with Crippen LogP contribution in [0.5, 0.6) is 11.5 Å². The number of benzene rings is 1. The maximum atomic E-state index is 5.47. The fourth-order valence-electron chi connectivity index (χ4n) is 2.86. The molecule has 1 N–H and O–H groups in total. The lowest BCUT2D eigenvalue weighted by Crippen LogP contribution is -2.46. The zero-order chi connectivity index (χ0) is 14.7. The van der Waals surface area contributed by atoms with Gasteiger partial charge >= 0.3 is 0 Å². The van der Waals surface area contributed by atoms with Gasteiger partial charge in [-0.25, -0.2) is 0 Å². The van der Waals surface area contributed by atoms with Crippen molar-refractivity contribution in [3.8, 4) is 11.5 Å². The molecule has 1 saturated heterocycles. The molecule has 2 aliphatic rings. The second-order valence-electron chi connectivity index (χ2n) is 5.86. The van der Waals surface area contributed by atoms with Crippen LogP contribution in [0, 0.1) is 0 Å². The van der Waals surface area contributed by atoms with E-state index in [2.05, 4.69) is 41.2 Å². The van der Waals surface area contributed by atoms with Gasteiger partial charge in [-0.05, 0) is 31.7 Å². The van der Waals surface area contributed by atoms with Crippen LogP contribution in [0.15, 0.2) is 18.2 Å². The number of nitrogens with zero attached hydrogens (tertiary/aromatic N) is 2. The molecule has 21 heavy (non-hydrogen) atoms. The van der Waals surface area contributed by atoms with E-state index in [0.717, 1.165) is 50.8 Å². The average Bonchev–Trinajstić information content (AvgIpc) is 3.00. The van der Waals surface area contributed by atoms with Crippen LogP contribution in [0.4, 0.5) is 0 Å². The van der Waals surface area contributed by atoms with Crippen LogP contribution < -0.4 is 14.8 Å². The Kier molecular flexibility index (Phi) is 4.63. The Morgan fingerprint density at radius 3 is 2.81 bits per heavy atom. The van der Waals surface area contributed by atoms with Gasteiger partial charge in [-0.15, -0.1) is 0 Å². The summed E-state index contributed by atoms with van der Waals surface area (Å²) in [7, 11) is 2.19. The Morgan fingerprint density at radius 2 is 2.00 bits per heavy atom. The second kappa shape index (κ2) is 6.64. The molecule has 0 radical (unpaired) electrons. The normalized spacial score (nSPS) is 20.0. The van der Waals surface area contributed by atoms with Gasteiger partial charge in [0.15, 0.2) is 11.5 Å². The SMILES string of the molecule is CC(c1ccc2c(c1)OCO2)N(C)CCN1CCNCC1. The molecule has 0 bridgehead atoms. The molecule has 1 aromatic carbocycles. The van der Waals surface area contributed by atoms with Gasteiger partial charge in [0.2, 0.25) is 6.79 Å². The summed E-state index contributed by atoms with van der Waals surface area (Å²) in [6, 6.07) is 6.63. The first kappa shape index (κ1) is 14.6. The van der Waals surface area contributed by atoms with Gasteiger partial charge in [-0.1, -0.05) is 6.07 Å². The number of fused-ring (bicyclic) bond motifs is 1. The molecule has 3 rings (SSSR count). The van der Waals surface area contributed by atoms with Crippen molar-refractivity contribution in [1.82, 2.24) is 15.1 Å². The summed E-state index contributed by atoms with van der Waals surface area (Å²) in [5.74, 6) is 1.73. The highest BCUT2D eigenvalue weighted by molar-refractivity contribution is 5.45. The van der Waals surface area contributed by atoms with E-state index in [1.165, 1.54) is 5.56 Å². The van der Waals surface area contributed by atoms with Gasteiger partial charge in [0, 0.05) is 45.3 Å². The Labute approximate surface area is 126 Å². The van der Waals surface area contributed by atoms with Crippen molar-refractivity contribution in [1.29, 1.82) is 0 Å². The molecule has 0 spiro atoms. The van der Waals surface area contributed by atoms with Gasteiger partial charge in [0.1, 0.15) is 0 Å². The van der Waals surface area contributed by atoms with Crippen molar-refractivity contribution in [2.45, 2.75) is 13.0 Å². The van der Waals surface area contributed by atoms with E-state index in [1.54, 1.807) is 0 Å². The van der Waals surface area contributed by atoms with Gasteiger partial charge in [0.05, 0.1) is 0 Å². The number of hydrogen-bond acceptors (Lipinski definition) is 5. The first-order chi connectivity index (χ1) is 10.2. The number of ether oxygens (including phenoxy) is 2. The minimum absolute atomic E-state index is 0.339. The number of hydrogen-bond donors (Lipinski definition) is 1. The first-order valence-electron chi connectivity index (χ1n) is 7.77. The van der Waals surface area contributed by atoms with E-state index in [-0.39, 0.29) is 0 Å². The van der Waals surface area contributed by atoms with Gasteiger partial charge in [0.25, 0.3) is 0 Å². The molecular weight excluding hydrogens is 266 g/mol. The molecule has 5 heteroatoms. The fourth-order valence-corrected chi connectivity index (χ4v) is 2.86. The minimum Gasteiger partial charge on any atom is -0.454 e. The third kappa shape index (κ3) is 3.48. The Bertz CT molecular complexity index is 475. The summed E-state index contributed by atoms with van der Waals surface area (Å²) >= 11 is 0. The molecule has 2 aliphatic heterocycles. The molecule has 0 amide bonds. The molecule has 0 saturated carbocycles. The zero-order valence-electron chi connectivity index (χ0n) is 13.0. The minimum atomic E-state index is 0.339. The lowest BCUT2D eigenvalue weighted by atomic mass is 10.1. The summed E-state index contributed by atoms with van der Waals surface area (Å²) in [6.07, 6.45) is 0. The number of piperazine rings is 1. The van der Waals surface area contributed by atoms with Crippen LogP contribution in [0.1, 0.15) is 18.5 Å². The monoisotopic (exact) mass is 291 g/mol. The third-order valence-electron chi connectivity index (χ3n) is 4.52. The van der Waals surface area contributed by atoms with Crippen molar-refractivity contribution in [3.63, 3.8) is 0 Å². The van der Waals surface area contributed by atoms with E-state index in [1.807, 2.05) is 6.07 Å². The molecule has 0 aromatic heterocycles. The molecule has 2 heterocycles. The quantitative estimate of drug-likeness (QED) is 0.885. The van der Waals surface area contributed by atoms with Crippen LogP contribution in [0.2, 0.25) is 0 Å². The highest BCUT2D eigenvalue weighted by Crippen LogP contribution is 2.35. The van der Waals surface area contributed by atoms with Gasteiger partial charge in [-0.2, -0.15) is 0 Å². The Morgan fingerprint density at radius 1 is 1.24 bits per heavy atom. The molecule has 5 nitrogen and oxygen atoms in total. The van der Waals surface area contributed by atoms with Crippen LogP contribution in [-0.2, 0) is 0 Å².